The number of nitrogens with zero attached hydrogens (tertiary/aromatic N) is 2. The summed E-state index contributed by atoms with van der Waals surface area (Å²) in [6, 6.07) is 5.62. The number of amides is 1. The van der Waals surface area contributed by atoms with Gasteiger partial charge in [0.1, 0.15) is 10.0 Å². The van der Waals surface area contributed by atoms with Crippen molar-refractivity contribution >= 4 is 57.6 Å². The molecule has 0 atom stereocenters. The van der Waals surface area contributed by atoms with Gasteiger partial charge in [-0.15, -0.1) is 11.3 Å². The first-order chi connectivity index (χ1) is 11.5. The Hall–Kier alpha value is -1.97. The molecule has 0 spiro atoms. The molecule has 0 aliphatic carbocycles. The second-order valence-corrected chi connectivity index (χ2v) is 7.55. The molecule has 1 aliphatic heterocycles. The number of thiophene rings is 1. The van der Waals surface area contributed by atoms with E-state index in [-0.39, 0.29) is 12.3 Å². The van der Waals surface area contributed by atoms with Crippen LogP contribution < -0.4 is 0 Å². The van der Waals surface area contributed by atoms with E-state index in [4.69, 9.17) is 21.8 Å². The number of thioether (sulfide) groups is 1. The Labute approximate surface area is 151 Å². The minimum Gasteiger partial charge on any atom is -0.481 e. The molecule has 6 nitrogen and oxygen atoms in total. The number of carbonyl (C=O) groups excluding carboxylic acids is 1. The summed E-state index contributed by atoms with van der Waals surface area (Å²) in [6.07, 6.45) is 2.00. The molecule has 1 saturated heterocycles. The molecule has 0 bridgehead atoms. The summed E-state index contributed by atoms with van der Waals surface area (Å²) < 4.78 is 5.71. The predicted molar refractivity (Wildman–Crippen MR) is 96.6 cm³/mol. The van der Waals surface area contributed by atoms with Crippen LogP contribution in [-0.2, 0) is 9.59 Å². The molecule has 3 heterocycles. The van der Waals surface area contributed by atoms with Crippen molar-refractivity contribution in [2.24, 2.45) is 0 Å². The van der Waals surface area contributed by atoms with Crippen molar-refractivity contribution < 1.29 is 19.2 Å². The van der Waals surface area contributed by atoms with Gasteiger partial charge in [0.2, 0.25) is 0 Å². The summed E-state index contributed by atoms with van der Waals surface area (Å²) in [5.74, 6) is -0.469. The van der Waals surface area contributed by atoms with E-state index in [1.807, 2.05) is 17.5 Å². The molecule has 1 fully saturated rings. The normalized spacial score (nSPS) is 16.3. The van der Waals surface area contributed by atoms with E-state index in [2.05, 4.69) is 5.16 Å². The minimum atomic E-state index is -0.889. The number of aliphatic carboxylic acids is 1. The van der Waals surface area contributed by atoms with Crippen molar-refractivity contribution in [1.29, 1.82) is 0 Å². The summed E-state index contributed by atoms with van der Waals surface area (Å²) in [6.45, 7) is 0.299. The van der Waals surface area contributed by atoms with Crippen molar-refractivity contribution in [2.45, 2.75) is 12.8 Å². The standard InChI is InChI=1S/C15H12N2O4S3/c18-13(19)4-1-5-17-14(20)12(24-15(17)22)8-9-7-10(21-16-9)11-3-2-6-23-11/h2-3,6-8H,1,4-5H2,(H,18,19)/b12-8+. The van der Waals surface area contributed by atoms with E-state index >= 15 is 0 Å². The van der Waals surface area contributed by atoms with Crippen molar-refractivity contribution in [3.8, 4) is 10.6 Å². The lowest BCUT2D eigenvalue weighted by molar-refractivity contribution is -0.137. The zero-order valence-corrected chi connectivity index (χ0v) is 14.7. The van der Waals surface area contributed by atoms with Gasteiger partial charge in [-0.3, -0.25) is 14.5 Å². The molecule has 24 heavy (non-hydrogen) atoms. The Morgan fingerprint density at radius 2 is 2.33 bits per heavy atom. The number of hydrogen-bond acceptors (Lipinski definition) is 7. The van der Waals surface area contributed by atoms with Crippen LogP contribution in [0.1, 0.15) is 18.5 Å². The van der Waals surface area contributed by atoms with Gasteiger partial charge in [0.15, 0.2) is 5.76 Å². The maximum Gasteiger partial charge on any atom is 0.303 e. The first-order valence-electron chi connectivity index (χ1n) is 7.02. The molecule has 124 valence electrons. The van der Waals surface area contributed by atoms with Crippen LogP contribution in [0.15, 0.2) is 33.0 Å². The highest BCUT2D eigenvalue weighted by atomic mass is 32.2. The summed E-state index contributed by atoms with van der Waals surface area (Å²) in [4.78, 5) is 25.8. The SMILES string of the molecule is O=C(O)CCCN1C(=O)/C(=C\c2cc(-c3cccs3)on2)SC1=S. The summed E-state index contributed by atoms with van der Waals surface area (Å²) >= 11 is 7.92. The highest BCUT2D eigenvalue weighted by Crippen LogP contribution is 2.33. The Morgan fingerprint density at radius 3 is 3.04 bits per heavy atom. The van der Waals surface area contributed by atoms with E-state index in [1.54, 1.807) is 23.5 Å². The molecule has 1 aliphatic rings. The first kappa shape index (κ1) is 16.9. The fourth-order valence-electron chi connectivity index (χ4n) is 2.11. The van der Waals surface area contributed by atoms with Gasteiger partial charge < -0.3 is 9.63 Å². The fourth-order valence-corrected chi connectivity index (χ4v) is 4.07. The van der Waals surface area contributed by atoms with E-state index in [0.717, 1.165) is 4.88 Å². The van der Waals surface area contributed by atoms with Crippen molar-refractivity contribution in [3.63, 3.8) is 0 Å². The van der Waals surface area contributed by atoms with Gasteiger partial charge in [-0.1, -0.05) is 35.2 Å². The minimum absolute atomic E-state index is 0.00354. The summed E-state index contributed by atoms with van der Waals surface area (Å²) in [7, 11) is 0. The molecule has 2 aromatic heterocycles. The quantitative estimate of drug-likeness (QED) is 0.607. The molecule has 0 unspecified atom stereocenters. The van der Waals surface area contributed by atoms with Crippen molar-refractivity contribution in [3.05, 3.63) is 34.2 Å². The maximum atomic E-state index is 12.4. The molecule has 9 heteroatoms. The van der Waals surface area contributed by atoms with Crippen LogP contribution in [0.2, 0.25) is 0 Å². The molecular formula is C15H12N2O4S3. The highest BCUT2D eigenvalue weighted by molar-refractivity contribution is 8.26. The van der Waals surface area contributed by atoms with E-state index in [0.29, 0.717) is 33.6 Å². The number of thiocarbonyl (C=S) groups is 1. The summed E-state index contributed by atoms with van der Waals surface area (Å²) in [5, 5.41) is 14.6. The Kier molecular flexibility index (Phi) is 5.12. The van der Waals surface area contributed by atoms with E-state index in [1.165, 1.54) is 16.7 Å². The van der Waals surface area contributed by atoms with Crippen molar-refractivity contribution in [2.75, 3.05) is 6.54 Å². The molecule has 0 saturated carbocycles. The lowest BCUT2D eigenvalue weighted by Crippen LogP contribution is -2.29. The second kappa shape index (κ2) is 7.29. The van der Waals surface area contributed by atoms with Gasteiger partial charge in [-0.25, -0.2) is 0 Å². The maximum absolute atomic E-state index is 12.4. The zero-order valence-electron chi connectivity index (χ0n) is 12.3. The van der Waals surface area contributed by atoms with Crippen LogP contribution in [0.4, 0.5) is 0 Å². The van der Waals surface area contributed by atoms with Crippen LogP contribution in [0, 0.1) is 0 Å². The highest BCUT2D eigenvalue weighted by Gasteiger charge is 2.31. The van der Waals surface area contributed by atoms with Gasteiger partial charge in [0.05, 0.1) is 9.78 Å². The molecule has 2 aromatic rings. The van der Waals surface area contributed by atoms with Crippen LogP contribution >= 0.6 is 35.3 Å². The third-order valence-corrected chi connectivity index (χ3v) is 5.48. The average molecular weight is 380 g/mol. The largest absolute Gasteiger partial charge is 0.481 e. The predicted octanol–water partition coefficient (Wildman–Crippen LogP) is 3.47. The first-order valence-corrected chi connectivity index (χ1v) is 9.13. The summed E-state index contributed by atoms with van der Waals surface area (Å²) in [5.41, 5.74) is 0.546. The van der Waals surface area contributed by atoms with Crippen LogP contribution in [-0.4, -0.2) is 37.9 Å². The van der Waals surface area contributed by atoms with Gasteiger partial charge in [0, 0.05) is 19.0 Å². The van der Waals surface area contributed by atoms with Crippen LogP contribution in [0.25, 0.3) is 16.7 Å². The molecular weight excluding hydrogens is 368 g/mol. The van der Waals surface area contributed by atoms with E-state index in [9.17, 15) is 9.59 Å². The number of carbonyl (C=O) groups is 2. The molecule has 1 N–H and O–H groups in total. The Morgan fingerprint density at radius 1 is 1.50 bits per heavy atom. The fraction of sp³-hybridized carbons (Fsp3) is 0.200. The molecule has 1 amide bonds. The van der Waals surface area contributed by atoms with Crippen molar-refractivity contribution in [1.82, 2.24) is 10.1 Å². The topological polar surface area (TPSA) is 83.6 Å². The molecule has 0 radical (unpaired) electrons. The third kappa shape index (κ3) is 3.74. The van der Waals surface area contributed by atoms with E-state index < -0.39 is 5.97 Å². The monoisotopic (exact) mass is 380 g/mol. The smallest absolute Gasteiger partial charge is 0.303 e. The van der Waals surface area contributed by atoms with Gasteiger partial charge in [-0.05, 0) is 23.9 Å². The Bertz CT molecular complexity index is 811. The van der Waals surface area contributed by atoms with Crippen LogP contribution in [0.5, 0.6) is 0 Å². The van der Waals surface area contributed by atoms with Gasteiger partial charge in [-0.2, -0.15) is 0 Å². The lowest BCUT2D eigenvalue weighted by Gasteiger charge is -2.12. The number of rotatable bonds is 6. The molecule has 3 rings (SSSR count). The number of hydrogen-bond donors (Lipinski definition) is 1. The second-order valence-electron chi connectivity index (χ2n) is 4.92. The third-order valence-electron chi connectivity index (χ3n) is 3.22. The number of carboxylic acid groups (broad SMARTS) is 1. The lowest BCUT2D eigenvalue weighted by atomic mass is 10.3. The van der Waals surface area contributed by atoms with Gasteiger partial charge >= 0.3 is 5.97 Å². The molecule has 0 aromatic carbocycles. The Balaban J connectivity index is 1.71. The zero-order chi connectivity index (χ0) is 17.1. The van der Waals surface area contributed by atoms with Crippen LogP contribution in [0.3, 0.4) is 0 Å². The number of carboxylic acids is 1. The number of aromatic nitrogens is 1. The average Bonchev–Trinajstić information content (AvgIpc) is 3.24. The van der Waals surface area contributed by atoms with Gasteiger partial charge in [0.25, 0.3) is 5.91 Å².